The number of fused-ring (bicyclic) bond motifs is 1. The molecule has 0 aliphatic carbocycles. The highest BCUT2D eigenvalue weighted by Crippen LogP contribution is 2.34. The van der Waals surface area contributed by atoms with Crippen molar-refractivity contribution < 1.29 is 28.5 Å². The van der Waals surface area contributed by atoms with E-state index in [4.69, 9.17) is 18.9 Å². The summed E-state index contributed by atoms with van der Waals surface area (Å²) in [5.41, 5.74) is -1.72. The van der Waals surface area contributed by atoms with Crippen molar-refractivity contribution in [1.82, 2.24) is 14.5 Å². The number of esters is 1. The number of nitrogens with zero attached hydrogens (tertiary/aromatic N) is 2. The first-order chi connectivity index (χ1) is 20.6. The number of nitrogens with one attached hydrogen (secondary N) is 1. The zero-order valence-corrected chi connectivity index (χ0v) is 26.5. The van der Waals surface area contributed by atoms with E-state index in [1.54, 1.807) is 34.8 Å². The summed E-state index contributed by atoms with van der Waals surface area (Å²) in [7, 11) is 1.57. The Morgan fingerprint density at radius 1 is 1.16 bits per heavy atom. The van der Waals surface area contributed by atoms with Crippen LogP contribution in [0.2, 0.25) is 0 Å². The smallest absolute Gasteiger partial charge is 0.348 e. The Kier molecular flexibility index (Phi) is 10.5. The molecule has 3 aromatic rings. The molecule has 0 unspecified atom stereocenters. The molecule has 4 rings (SSSR count). The van der Waals surface area contributed by atoms with Gasteiger partial charge in [0.05, 0.1) is 31.8 Å². The van der Waals surface area contributed by atoms with Crippen LogP contribution in [0.25, 0.3) is 10.2 Å². The van der Waals surface area contributed by atoms with E-state index in [0.29, 0.717) is 55.2 Å². The summed E-state index contributed by atoms with van der Waals surface area (Å²) in [6.45, 7) is 10.0. The van der Waals surface area contributed by atoms with Gasteiger partial charge in [-0.3, -0.25) is 14.2 Å². The van der Waals surface area contributed by atoms with Crippen LogP contribution in [0.1, 0.15) is 73.9 Å². The van der Waals surface area contributed by atoms with E-state index < -0.39 is 34.8 Å². The first-order valence-electron chi connectivity index (χ1n) is 14.7. The Labute approximate surface area is 254 Å². The molecule has 234 valence electrons. The van der Waals surface area contributed by atoms with Gasteiger partial charge in [-0.1, -0.05) is 25.1 Å². The van der Waals surface area contributed by atoms with Crippen LogP contribution in [0.3, 0.4) is 0 Å². The molecule has 43 heavy (non-hydrogen) atoms. The number of carbonyl (C=O) groups is 2. The van der Waals surface area contributed by atoms with Crippen LogP contribution in [0.5, 0.6) is 5.75 Å². The summed E-state index contributed by atoms with van der Waals surface area (Å²) in [4.78, 5) is 55.2. The van der Waals surface area contributed by atoms with Crippen LogP contribution >= 0.6 is 11.3 Å². The summed E-state index contributed by atoms with van der Waals surface area (Å²) in [5.74, 6) is -0.450. The van der Waals surface area contributed by atoms with Gasteiger partial charge in [0.15, 0.2) is 0 Å². The van der Waals surface area contributed by atoms with Crippen molar-refractivity contribution >= 4 is 33.4 Å². The third-order valence-corrected chi connectivity index (χ3v) is 8.98. The number of amides is 1. The minimum absolute atomic E-state index is 0.00220. The van der Waals surface area contributed by atoms with E-state index in [2.05, 4.69) is 5.32 Å². The first kappa shape index (κ1) is 32.4. The van der Waals surface area contributed by atoms with Gasteiger partial charge in [-0.25, -0.2) is 14.2 Å². The molecule has 3 heterocycles. The van der Waals surface area contributed by atoms with Crippen molar-refractivity contribution in [2.75, 3.05) is 33.5 Å². The number of hydrogen-bond acceptors (Lipinski definition) is 9. The van der Waals surface area contributed by atoms with E-state index in [0.717, 1.165) is 21.5 Å². The second-order valence-corrected chi connectivity index (χ2v) is 12.0. The van der Waals surface area contributed by atoms with Gasteiger partial charge in [-0.2, -0.15) is 0 Å². The molecule has 0 saturated carbocycles. The Morgan fingerprint density at radius 3 is 2.51 bits per heavy atom. The van der Waals surface area contributed by atoms with Gasteiger partial charge in [0.25, 0.3) is 5.56 Å². The highest BCUT2D eigenvalue weighted by molar-refractivity contribution is 7.20. The van der Waals surface area contributed by atoms with Crippen LogP contribution in [0.4, 0.5) is 0 Å². The summed E-state index contributed by atoms with van der Waals surface area (Å²) >= 11 is 1.03. The molecule has 0 bridgehead atoms. The third kappa shape index (κ3) is 6.56. The number of rotatable bonds is 12. The normalized spacial score (nSPS) is 14.9. The number of ether oxygens (including phenoxy) is 4. The number of benzene rings is 1. The summed E-state index contributed by atoms with van der Waals surface area (Å²) in [6, 6.07) is 7.42. The van der Waals surface area contributed by atoms with Gasteiger partial charge in [-0.05, 0) is 58.6 Å². The van der Waals surface area contributed by atoms with Gasteiger partial charge in [0.2, 0.25) is 5.91 Å². The van der Waals surface area contributed by atoms with Crippen molar-refractivity contribution in [3.8, 4) is 5.75 Å². The van der Waals surface area contributed by atoms with Gasteiger partial charge >= 0.3 is 11.7 Å². The molecular formula is C31H41N3O8S. The minimum Gasteiger partial charge on any atom is -0.496 e. The lowest BCUT2D eigenvalue weighted by atomic mass is 10.0. The Balaban J connectivity index is 1.98. The van der Waals surface area contributed by atoms with Crippen LogP contribution in [0, 0.1) is 6.92 Å². The monoisotopic (exact) mass is 615 g/mol. The van der Waals surface area contributed by atoms with Gasteiger partial charge in [0, 0.05) is 25.3 Å². The summed E-state index contributed by atoms with van der Waals surface area (Å²) in [5, 5.41) is 3.00. The molecule has 1 amide bonds. The molecule has 1 aliphatic rings. The molecule has 1 fully saturated rings. The number of methoxy groups -OCH3 is 1. The van der Waals surface area contributed by atoms with Crippen molar-refractivity contribution in [2.45, 2.75) is 78.2 Å². The zero-order chi connectivity index (χ0) is 31.3. The first-order valence-corrected chi connectivity index (χ1v) is 15.5. The number of aryl methyl sites for hydroxylation is 1. The number of hydrogen-bond donors (Lipinski definition) is 1. The second-order valence-electron chi connectivity index (χ2n) is 11.0. The molecule has 0 radical (unpaired) electrons. The minimum atomic E-state index is -1.53. The lowest BCUT2D eigenvalue weighted by molar-refractivity contribution is -0.128. The molecule has 1 aliphatic heterocycles. The van der Waals surface area contributed by atoms with Crippen LogP contribution in [-0.2, 0) is 31.1 Å². The van der Waals surface area contributed by atoms with E-state index in [9.17, 15) is 19.2 Å². The van der Waals surface area contributed by atoms with Crippen molar-refractivity contribution in [2.24, 2.45) is 0 Å². The van der Waals surface area contributed by atoms with Crippen LogP contribution in [0.15, 0.2) is 33.9 Å². The van der Waals surface area contributed by atoms with Gasteiger partial charge in [-0.15, -0.1) is 11.3 Å². The fourth-order valence-corrected chi connectivity index (χ4v) is 6.50. The van der Waals surface area contributed by atoms with E-state index >= 15 is 0 Å². The summed E-state index contributed by atoms with van der Waals surface area (Å²) in [6.07, 6.45) is 1.28. The largest absolute Gasteiger partial charge is 0.496 e. The highest BCUT2D eigenvalue weighted by atomic mass is 32.1. The quantitative estimate of drug-likeness (QED) is 0.304. The number of carbonyl (C=O) groups excluding carboxylic acids is 2. The van der Waals surface area contributed by atoms with Gasteiger partial charge < -0.3 is 24.3 Å². The topological polar surface area (TPSA) is 127 Å². The van der Waals surface area contributed by atoms with Crippen molar-refractivity contribution in [1.29, 1.82) is 0 Å². The zero-order valence-electron chi connectivity index (χ0n) is 25.7. The van der Waals surface area contributed by atoms with E-state index in [1.165, 1.54) is 4.57 Å². The average molecular weight is 616 g/mol. The van der Waals surface area contributed by atoms with Crippen molar-refractivity contribution in [3.05, 3.63) is 61.1 Å². The second kappa shape index (κ2) is 13.9. The Bertz CT molecular complexity index is 1580. The summed E-state index contributed by atoms with van der Waals surface area (Å²) < 4.78 is 25.5. The Morgan fingerprint density at radius 2 is 1.86 bits per heavy atom. The fourth-order valence-electron chi connectivity index (χ4n) is 5.31. The molecule has 2 aromatic heterocycles. The number of aromatic nitrogens is 2. The molecule has 0 spiro atoms. The van der Waals surface area contributed by atoms with E-state index in [1.807, 2.05) is 31.2 Å². The average Bonchev–Trinajstić information content (AvgIpc) is 3.35. The molecule has 1 atom stereocenters. The van der Waals surface area contributed by atoms with Crippen LogP contribution < -0.4 is 21.3 Å². The fraction of sp³-hybridized carbons (Fsp3) is 0.548. The number of thiophene rings is 1. The molecule has 1 aromatic carbocycles. The van der Waals surface area contributed by atoms with Crippen LogP contribution in [-0.4, -0.2) is 60.6 Å². The Hall–Kier alpha value is -3.48. The molecular weight excluding hydrogens is 574 g/mol. The highest BCUT2D eigenvalue weighted by Gasteiger charge is 2.36. The lowest BCUT2D eigenvalue weighted by Gasteiger charge is -2.30. The predicted molar refractivity (Wildman–Crippen MR) is 164 cm³/mol. The molecule has 12 heteroatoms. The lowest BCUT2D eigenvalue weighted by Crippen LogP contribution is -2.56. The SMILES string of the molecule is CCCNC(=O)C(C)(C)n1c(=O)c2c(C)c(C(=O)OCC)sc2n(C[C@H](OC2CCOCC2)c2ccccc2OC)c1=O. The predicted octanol–water partition coefficient (Wildman–Crippen LogP) is 3.92. The molecule has 11 nitrogen and oxygen atoms in total. The maximum atomic E-state index is 14.4. The molecule has 1 saturated heterocycles. The molecule has 1 N–H and O–H groups in total. The van der Waals surface area contributed by atoms with Crippen molar-refractivity contribution in [3.63, 3.8) is 0 Å². The third-order valence-electron chi connectivity index (χ3n) is 7.68. The maximum Gasteiger partial charge on any atom is 0.348 e. The standard InChI is InChI=1S/C31H41N3O8S/c1-7-15-32-29(37)31(4,5)34-26(35)24-19(3)25(28(36)41-8-2)43-27(24)33(30(34)38)18-23(42-20-13-16-40-17-14-20)21-11-9-10-12-22(21)39-6/h9-12,20,23H,7-8,13-18H2,1-6H3,(H,32,37)/t23-/m0/s1. The van der Waals surface area contributed by atoms with Gasteiger partial charge in [0.1, 0.15) is 27.1 Å². The van der Waals surface area contributed by atoms with E-state index in [-0.39, 0.29) is 29.5 Å². The number of para-hydroxylation sites is 1. The maximum absolute atomic E-state index is 14.4.